The van der Waals surface area contributed by atoms with Crippen LogP contribution in [0.25, 0.3) is 0 Å². The SMILES string of the molecule is N=CC(=O)c1cccc(Cc2ccccc2)c1. The minimum Gasteiger partial charge on any atom is -0.305 e. The van der Waals surface area contributed by atoms with Crippen LogP contribution in [0.15, 0.2) is 54.6 Å². The van der Waals surface area contributed by atoms with Gasteiger partial charge in [-0.05, 0) is 23.6 Å². The molecule has 0 aliphatic rings. The van der Waals surface area contributed by atoms with Gasteiger partial charge in [-0.15, -0.1) is 0 Å². The third-order valence-electron chi connectivity index (χ3n) is 2.59. The minimum atomic E-state index is -0.250. The standard InChI is InChI=1S/C15H13NO/c16-11-15(17)14-8-4-7-13(10-14)9-12-5-2-1-3-6-12/h1-8,10-11,16H,9H2. The lowest BCUT2D eigenvalue weighted by Gasteiger charge is -2.03. The number of rotatable bonds is 4. The highest BCUT2D eigenvalue weighted by Crippen LogP contribution is 2.11. The second-order valence-electron chi connectivity index (χ2n) is 3.87. The summed E-state index contributed by atoms with van der Waals surface area (Å²) in [5.41, 5.74) is 2.88. The Kier molecular flexibility index (Phi) is 3.46. The molecule has 0 atom stereocenters. The number of carbonyl (C=O) groups is 1. The fraction of sp³-hybridized carbons (Fsp3) is 0.0667. The topological polar surface area (TPSA) is 40.9 Å². The average molecular weight is 223 g/mol. The quantitative estimate of drug-likeness (QED) is 0.628. The van der Waals surface area contributed by atoms with Crippen LogP contribution >= 0.6 is 0 Å². The van der Waals surface area contributed by atoms with Crippen molar-refractivity contribution in [1.82, 2.24) is 0 Å². The summed E-state index contributed by atoms with van der Waals surface area (Å²) >= 11 is 0. The van der Waals surface area contributed by atoms with Crippen LogP contribution in [0.2, 0.25) is 0 Å². The normalized spacial score (nSPS) is 9.88. The van der Waals surface area contributed by atoms with E-state index >= 15 is 0 Å². The molecule has 0 aromatic heterocycles. The van der Waals surface area contributed by atoms with Gasteiger partial charge in [-0.25, -0.2) is 0 Å². The van der Waals surface area contributed by atoms with Crippen molar-refractivity contribution in [2.45, 2.75) is 6.42 Å². The van der Waals surface area contributed by atoms with E-state index in [1.807, 2.05) is 36.4 Å². The molecule has 0 amide bonds. The lowest BCUT2D eigenvalue weighted by Crippen LogP contribution is -2.00. The molecule has 0 aliphatic carbocycles. The third-order valence-corrected chi connectivity index (χ3v) is 2.59. The van der Waals surface area contributed by atoms with Crippen molar-refractivity contribution in [3.8, 4) is 0 Å². The van der Waals surface area contributed by atoms with Gasteiger partial charge >= 0.3 is 0 Å². The number of Topliss-reactive ketones (excluding diaryl/α,β-unsaturated/α-hetero) is 1. The zero-order valence-electron chi connectivity index (χ0n) is 9.39. The molecule has 84 valence electrons. The average Bonchev–Trinajstić information content (AvgIpc) is 2.39. The van der Waals surface area contributed by atoms with Gasteiger partial charge in [-0.1, -0.05) is 48.5 Å². The highest BCUT2D eigenvalue weighted by molar-refractivity contribution is 6.34. The summed E-state index contributed by atoms with van der Waals surface area (Å²) in [6.45, 7) is 0. The molecule has 0 spiro atoms. The Morgan fingerprint density at radius 1 is 1.00 bits per heavy atom. The predicted octanol–water partition coefficient (Wildman–Crippen LogP) is 3.11. The van der Waals surface area contributed by atoms with E-state index in [1.54, 1.807) is 6.07 Å². The number of hydrogen-bond donors (Lipinski definition) is 1. The Labute approximate surface area is 100 Å². The van der Waals surface area contributed by atoms with Gasteiger partial charge in [0.25, 0.3) is 0 Å². The van der Waals surface area contributed by atoms with Gasteiger partial charge in [0.2, 0.25) is 5.78 Å². The van der Waals surface area contributed by atoms with E-state index < -0.39 is 0 Å². The smallest absolute Gasteiger partial charge is 0.203 e. The van der Waals surface area contributed by atoms with Gasteiger partial charge in [0.1, 0.15) is 0 Å². The number of carbonyl (C=O) groups excluding carboxylic acids is 1. The van der Waals surface area contributed by atoms with Crippen molar-refractivity contribution in [2.24, 2.45) is 0 Å². The fourth-order valence-electron chi connectivity index (χ4n) is 1.75. The lowest BCUT2D eigenvalue weighted by atomic mass is 10.0. The van der Waals surface area contributed by atoms with E-state index in [4.69, 9.17) is 5.41 Å². The molecular formula is C15H13NO. The lowest BCUT2D eigenvalue weighted by molar-refractivity contribution is 0.107. The van der Waals surface area contributed by atoms with Gasteiger partial charge in [0, 0.05) is 5.56 Å². The zero-order valence-corrected chi connectivity index (χ0v) is 9.39. The first kappa shape index (κ1) is 11.3. The van der Waals surface area contributed by atoms with Crippen molar-refractivity contribution in [2.75, 3.05) is 0 Å². The van der Waals surface area contributed by atoms with Crippen LogP contribution in [0.5, 0.6) is 0 Å². The molecule has 1 N–H and O–H groups in total. The summed E-state index contributed by atoms with van der Waals surface area (Å²) < 4.78 is 0. The van der Waals surface area contributed by atoms with E-state index in [1.165, 1.54) is 5.56 Å². The summed E-state index contributed by atoms with van der Waals surface area (Å²) in [7, 11) is 0. The fourth-order valence-corrected chi connectivity index (χ4v) is 1.75. The molecule has 2 aromatic carbocycles. The molecule has 0 radical (unpaired) electrons. The van der Waals surface area contributed by atoms with Crippen LogP contribution in [-0.4, -0.2) is 12.0 Å². The monoisotopic (exact) mass is 223 g/mol. The van der Waals surface area contributed by atoms with Crippen molar-refractivity contribution >= 4 is 12.0 Å². The zero-order chi connectivity index (χ0) is 12.1. The van der Waals surface area contributed by atoms with E-state index in [9.17, 15) is 4.79 Å². The molecular weight excluding hydrogens is 210 g/mol. The number of nitrogens with one attached hydrogen (secondary N) is 1. The van der Waals surface area contributed by atoms with Crippen LogP contribution in [0.1, 0.15) is 21.5 Å². The molecule has 0 saturated carbocycles. The highest BCUT2D eigenvalue weighted by Gasteiger charge is 2.03. The number of benzene rings is 2. The van der Waals surface area contributed by atoms with Crippen molar-refractivity contribution in [3.05, 3.63) is 71.3 Å². The van der Waals surface area contributed by atoms with Crippen molar-refractivity contribution in [1.29, 1.82) is 5.41 Å². The van der Waals surface area contributed by atoms with Gasteiger partial charge in [0.15, 0.2) is 0 Å². The van der Waals surface area contributed by atoms with E-state index in [0.29, 0.717) is 5.56 Å². The first-order valence-electron chi connectivity index (χ1n) is 5.47. The van der Waals surface area contributed by atoms with Gasteiger partial charge in [-0.2, -0.15) is 0 Å². The molecule has 17 heavy (non-hydrogen) atoms. The highest BCUT2D eigenvalue weighted by atomic mass is 16.1. The molecule has 0 bridgehead atoms. The van der Waals surface area contributed by atoms with Gasteiger partial charge in [0.05, 0.1) is 6.21 Å². The van der Waals surface area contributed by atoms with Crippen LogP contribution in [-0.2, 0) is 6.42 Å². The van der Waals surface area contributed by atoms with E-state index in [0.717, 1.165) is 18.2 Å². The van der Waals surface area contributed by atoms with Crippen molar-refractivity contribution in [3.63, 3.8) is 0 Å². The first-order chi connectivity index (χ1) is 8.29. The predicted molar refractivity (Wildman–Crippen MR) is 68.8 cm³/mol. The summed E-state index contributed by atoms with van der Waals surface area (Å²) in [6, 6.07) is 17.5. The Hall–Kier alpha value is -2.22. The molecule has 2 rings (SSSR count). The second-order valence-corrected chi connectivity index (χ2v) is 3.87. The molecule has 2 nitrogen and oxygen atoms in total. The summed E-state index contributed by atoms with van der Waals surface area (Å²) in [5.74, 6) is -0.250. The van der Waals surface area contributed by atoms with Gasteiger partial charge < -0.3 is 5.41 Å². The van der Waals surface area contributed by atoms with Crippen molar-refractivity contribution < 1.29 is 4.79 Å². The molecule has 0 unspecified atom stereocenters. The minimum absolute atomic E-state index is 0.250. The van der Waals surface area contributed by atoms with Crippen LogP contribution < -0.4 is 0 Å². The van der Waals surface area contributed by atoms with Crippen LogP contribution in [0, 0.1) is 5.41 Å². The molecule has 0 heterocycles. The van der Waals surface area contributed by atoms with Crippen LogP contribution in [0.4, 0.5) is 0 Å². The summed E-state index contributed by atoms with van der Waals surface area (Å²) in [6.07, 6.45) is 1.65. The van der Waals surface area contributed by atoms with Gasteiger partial charge in [-0.3, -0.25) is 4.79 Å². The Morgan fingerprint density at radius 2 is 1.71 bits per heavy atom. The Balaban J connectivity index is 2.22. The van der Waals surface area contributed by atoms with Crippen LogP contribution in [0.3, 0.4) is 0 Å². The Bertz CT molecular complexity index is 532. The molecule has 0 fully saturated rings. The van der Waals surface area contributed by atoms with E-state index in [2.05, 4.69) is 12.1 Å². The maximum atomic E-state index is 11.4. The number of ketones is 1. The first-order valence-corrected chi connectivity index (χ1v) is 5.47. The molecule has 2 aromatic rings. The van der Waals surface area contributed by atoms with E-state index in [-0.39, 0.29) is 5.78 Å². The Morgan fingerprint density at radius 3 is 2.41 bits per heavy atom. The summed E-state index contributed by atoms with van der Waals surface area (Å²) in [5, 5.41) is 6.96. The maximum Gasteiger partial charge on any atom is 0.203 e. The second kappa shape index (κ2) is 5.21. The maximum absolute atomic E-state index is 11.4. The third kappa shape index (κ3) is 2.88. The summed E-state index contributed by atoms with van der Waals surface area (Å²) in [4.78, 5) is 11.4. The largest absolute Gasteiger partial charge is 0.305 e. The number of hydrogen-bond acceptors (Lipinski definition) is 2. The molecule has 0 aliphatic heterocycles. The molecule has 0 saturated heterocycles. The molecule has 2 heteroatoms.